The summed E-state index contributed by atoms with van der Waals surface area (Å²) in [6.07, 6.45) is 0. The summed E-state index contributed by atoms with van der Waals surface area (Å²) in [5.74, 6) is 4.68. The Morgan fingerprint density at radius 3 is 1.50 bits per heavy atom. The zero-order valence-corrected chi connectivity index (χ0v) is 17.0. The predicted molar refractivity (Wildman–Crippen MR) is 108 cm³/mol. The highest BCUT2D eigenvalue weighted by Crippen LogP contribution is 2.05. The van der Waals surface area contributed by atoms with Crippen LogP contribution in [0.4, 0.5) is 4.39 Å². The van der Waals surface area contributed by atoms with Gasteiger partial charge in [-0.05, 0) is 68.2 Å². The number of benzene rings is 2. The van der Waals surface area contributed by atoms with Gasteiger partial charge in [0.05, 0.1) is 0 Å². The molecular formula is C18H22Cl3FN2O2. The average molecular weight is 424 g/mol. The smallest absolute Gasteiger partial charge is 0.252 e. The van der Waals surface area contributed by atoms with Gasteiger partial charge in [-0.3, -0.25) is 20.9 Å². The van der Waals surface area contributed by atoms with Crippen LogP contribution in [-0.2, 0) is 0 Å². The van der Waals surface area contributed by atoms with Gasteiger partial charge in [-0.1, -0.05) is 30.3 Å². The molecule has 0 fully saturated rings. The third-order valence-electron chi connectivity index (χ3n) is 2.50. The van der Waals surface area contributed by atoms with Crippen LogP contribution in [-0.4, -0.2) is 16.0 Å². The fourth-order valence-electron chi connectivity index (χ4n) is 1.15. The number of carbonyl (C=O) groups is 2. The lowest BCUT2D eigenvalue weighted by Gasteiger charge is -2.14. The van der Waals surface area contributed by atoms with Gasteiger partial charge in [0.1, 0.15) is 5.82 Å². The number of hydrogen-bond donors (Lipinski definition) is 2. The second-order valence-electron chi connectivity index (χ2n) is 5.81. The minimum absolute atomic E-state index is 0. The van der Waals surface area contributed by atoms with Crippen molar-refractivity contribution in [3.63, 3.8) is 0 Å². The number of carbonyl (C=O) groups excluding carboxylic acids is 2. The molecule has 0 aliphatic carbocycles. The molecule has 0 aliphatic rings. The SMILES string of the molecule is CC(C)(C)NN.Cl.O=C(Cl)c1ccc(F)cc1.O=C(Cl)c1ccccc1. The van der Waals surface area contributed by atoms with Crippen LogP contribution in [0, 0.1) is 5.82 Å². The summed E-state index contributed by atoms with van der Waals surface area (Å²) in [4.78, 5) is 20.8. The molecule has 0 unspecified atom stereocenters. The standard InChI is InChI=1S/C7H4ClFO.C7H5ClO.C4H12N2.ClH/c8-7(10)5-1-3-6(9)4-2-5;8-7(9)6-4-2-1-3-5-6;1-4(2,3)6-5;/h1-4H;1-5H;6H,5H2,1-3H3;1H. The number of halogens is 4. The molecule has 0 heterocycles. The van der Waals surface area contributed by atoms with Gasteiger partial charge in [0.2, 0.25) is 0 Å². The molecule has 0 aromatic heterocycles. The first kappa shape index (κ1) is 26.7. The summed E-state index contributed by atoms with van der Waals surface area (Å²) in [6.45, 7) is 6.02. The highest BCUT2D eigenvalue weighted by Gasteiger charge is 2.02. The fourth-order valence-corrected chi connectivity index (χ4v) is 1.40. The Morgan fingerprint density at radius 1 is 0.885 bits per heavy atom. The summed E-state index contributed by atoms with van der Waals surface area (Å²) in [7, 11) is 0. The minimum atomic E-state index is -0.569. The Morgan fingerprint density at radius 2 is 1.23 bits per heavy atom. The molecule has 144 valence electrons. The van der Waals surface area contributed by atoms with Crippen molar-refractivity contribution >= 4 is 46.1 Å². The van der Waals surface area contributed by atoms with Crippen LogP contribution < -0.4 is 11.3 Å². The molecule has 3 N–H and O–H groups in total. The van der Waals surface area contributed by atoms with Crippen LogP contribution in [0.2, 0.25) is 0 Å². The normalized spacial score (nSPS) is 9.50. The Balaban J connectivity index is 0. The van der Waals surface area contributed by atoms with Crippen molar-refractivity contribution in [1.29, 1.82) is 0 Å². The molecule has 8 heteroatoms. The molecule has 0 saturated heterocycles. The topological polar surface area (TPSA) is 72.2 Å². The van der Waals surface area contributed by atoms with E-state index in [1.807, 2.05) is 26.8 Å². The van der Waals surface area contributed by atoms with Gasteiger partial charge in [-0.15, -0.1) is 12.4 Å². The molecule has 0 atom stereocenters. The monoisotopic (exact) mass is 422 g/mol. The van der Waals surface area contributed by atoms with E-state index in [4.69, 9.17) is 29.0 Å². The summed E-state index contributed by atoms with van der Waals surface area (Å²) in [5, 5.41) is -0.976. The maximum atomic E-state index is 12.2. The molecular weight excluding hydrogens is 402 g/mol. The van der Waals surface area contributed by atoms with Crippen molar-refractivity contribution in [3.05, 3.63) is 71.5 Å². The molecule has 0 radical (unpaired) electrons. The lowest BCUT2D eigenvalue weighted by Crippen LogP contribution is -2.41. The Bertz CT molecular complexity index is 660. The Labute approximate surface area is 169 Å². The van der Waals surface area contributed by atoms with Crippen LogP contribution in [0.3, 0.4) is 0 Å². The molecule has 0 bridgehead atoms. The first-order valence-electron chi connectivity index (χ1n) is 7.25. The largest absolute Gasteiger partial charge is 0.276 e. The van der Waals surface area contributed by atoms with E-state index in [1.54, 1.807) is 24.3 Å². The van der Waals surface area contributed by atoms with Gasteiger partial charge in [0, 0.05) is 16.7 Å². The third kappa shape index (κ3) is 13.8. The van der Waals surface area contributed by atoms with Crippen LogP contribution in [0.25, 0.3) is 0 Å². The maximum Gasteiger partial charge on any atom is 0.252 e. The molecule has 0 saturated carbocycles. The summed E-state index contributed by atoms with van der Waals surface area (Å²) >= 11 is 10.3. The van der Waals surface area contributed by atoms with E-state index in [0.717, 1.165) is 0 Å². The predicted octanol–water partition coefficient (Wildman–Crippen LogP) is 4.94. The van der Waals surface area contributed by atoms with Crippen molar-refractivity contribution in [2.75, 3.05) is 0 Å². The highest BCUT2D eigenvalue weighted by molar-refractivity contribution is 6.68. The highest BCUT2D eigenvalue weighted by atomic mass is 35.5. The third-order valence-corrected chi connectivity index (χ3v) is 2.94. The van der Waals surface area contributed by atoms with E-state index in [9.17, 15) is 14.0 Å². The quantitative estimate of drug-likeness (QED) is 0.408. The van der Waals surface area contributed by atoms with E-state index in [1.165, 1.54) is 24.3 Å². The van der Waals surface area contributed by atoms with E-state index < -0.39 is 10.5 Å². The Kier molecular flexibility index (Phi) is 14.1. The zero-order valence-electron chi connectivity index (χ0n) is 14.6. The number of nitrogens with one attached hydrogen (secondary N) is 1. The van der Waals surface area contributed by atoms with Crippen LogP contribution >= 0.6 is 35.6 Å². The lowest BCUT2D eigenvalue weighted by atomic mass is 10.1. The number of nitrogens with two attached hydrogens (primary N) is 1. The van der Waals surface area contributed by atoms with Crippen molar-refractivity contribution in [2.24, 2.45) is 5.84 Å². The van der Waals surface area contributed by atoms with E-state index in [-0.39, 0.29) is 23.8 Å². The van der Waals surface area contributed by atoms with Gasteiger partial charge in [-0.2, -0.15) is 0 Å². The lowest BCUT2D eigenvalue weighted by molar-refractivity contribution is 0.107. The molecule has 4 nitrogen and oxygen atoms in total. The van der Waals surface area contributed by atoms with Gasteiger partial charge in [0.25, 0.3) is 10.5 Å². The second-order valence-corrected chi connectivity index (χ2v) is 6.50. The first-order valence-corrected chi connectivity index (χ1v) is 8.00. The van der Waals surface area contributed by atoms with Gasteiger partial charge >= 0.3 is 0 Å². The fraction of sp³-hybridized carbons (Fsp3) is 0.222. The second kappa shape index (κ2) is 13.7. The minimum Gasteiger partial charge on any atom is -0.276 e. The van der Waals surface area contributed by atoms with Crippen LogP contribution in [0.15, 0.2) is 54.6 Å². The number of hydrogen-bond acceptors (Lipinski definition) is 4. The average Bonchev–Trinajstić information content (AvgIpc) is 2.56. The Hall–Kier alpha value is -1.50. The van der Waals surface area contributed by atoms with Gasteiger partial charge in [0.15, 0.2) is 0 Å². The molecule has 2 aromatic carbocycles. The van der Waals surface area contributed by atoms with E-state index in [2.05, 4.69) is 5.43 Å². The van der Waals surface area contributed by atoms with Crippen LogP contribution in [0.1, 0.15) is 41.5 Å². The molecule has 0 aliphatic heterocycles. The van der Waals surface area contributed by atoms with Crippen molar-refractivity contribution in [3.8, 4) is 0 Å². The van der Waals surface area contributed by atoms with Crippen molar-refractivity contribution in [1.82, 2.24) is 5.43 Å². The first-order chi connectivity index (χ1) is 11.6. The zero-order chi connectivity index (χ0) is 19.5. The molecule has 0 amide bonds. The van der Waals surface area contributed by atoms with Crippen LogP contribution in [0.5, 0.6) is 0 Å². The number of hydrazine groups is 1. The molecule has 2 rings (SSSR count). The van der Waals surface area contributed by atoms with E-state index in [0.29, 0.717) is 11.1 Å². The molecule has 0 spiro atoms. The number of rotatable bonds is 2. The summed E-state index contributed by atoms with van der Waals surface area (Å²) in [5.41, 5.74) is 3.52. The van der Waals surface area contributed by atoms with Gasteiger partial charge < -0.3 is 0 Å². The molecule has 2 aromatic rings. The maximum absolute atomic E-state index is 12.2. The van der Waals surface area contributed by atoms with Gasteiger partial charge in [-0.25, -0.2) is 4.39 Å². The summed E-state index contributed by atoms with van der Waals surface area (Å²) in [6, 6.07) is 13.8. The molecule has 26 heavy (non-hydrogen) atoms. The van der Waals surface area contributed by atoms with E-state index >= 15 is 0 Å². The van der Waals surface area contributed by atoms with Crippen molar-refractivity contribution in [2.45, 2.75) is 26.3 Å². The van der Waals surface area contributed by atoms with Crippen molar-refractivity contribution < 1.29 is 14.0 Å². The summed E-state index contributed by atoms with van der Waals surface area (Å²) < 4.78 is 12.2.